The highest BCUT2D eigenvalue weighted by atomic mass is 14.4. The van der Waals surface area contributed by atoms with Crippen LogP contribution >= 0.6 is 0 Å². The summed E-state index contributed by atoms with van der Waals surface area (Å²) in [5.74, 6) is 4.37. The lowest BCUT2D eigenvalue weighted by Crippen LogP contribution is -2.26. The van der Waals surface area contributed by atoms with Gasteiger partial charge in [-0.15, -0.1) is 0 Å². The molecule has 0 spiro atoms. The second-order valence-corrected chi connectivity index (χ2v) is 6.77. The van der Waals surface area contributed by atoms with Crippen LogP contribution in [0.2, 0.25) is 0 Å². The van der Waals surface area contributed by atoms with Crippen molar-refractivity contribution in [1.82, 2.24) is 0 Å². The van der Waals surface area contributed by atoms with Crippen LogP contribution in [0.3, 0.4) is 0 Å². The smallest absolute Gasteiger partial charge is 0.0383 e. The Morgan fingerprint density at radius 3 is 2.18 bits per heavy atom. The number of hydrogen-bond donors (Lipinski definition) is 0. The van der Waals surface area contributed by atoms with E-state index in [-0.39, 0.29) is 0 Å². The molecule has 0 aromatic heterocycles. The van der Waals surface area contributed by atoms with Gasteiger partial charge in [0.1, 0.15) is 0 Å². The fourth-order valence-corrected chi connectivity index (χ4v) is 4.50. The van der Waals surface area contributed by atoms with Crippen LogP contribution in [-0.2, 0) is 0 Å². The molecule has 2 fully saturated rings. The average Bonchev–Trinajstić information content (AvgIpc) is 2.40. The zero-order valence-corrected chi connectivity index (χ0v) is 12.1. The highest BCUT2D eigenvalue weighted by molar-refractivity contribution is 4.82. The summed E-state index contributed by atoms with van der Waals surface area (Å²) in [6, 6.07) is 0. The van der Waals surface area contributed by atoms with Crippen LogP contribution in [0, 0.1) is 23.7 Å². The van der Waals surface area contributed by atoms with Gasteiger partial charge in [-0.1, -0.05) is 65.2 Å². The van der Waals surface area contributed by atoms with Crippen LogP contribution in [0.5, 0.6) is 0 Å². The molecule has 0 N–H and O–H groups in total. The Balaban J connectivity index is 1.77. The van der Waals surface area contributed by atoms with Crippen molar-refractivity contribution in [1.29, 1.82) is 0 Å². The molecule has 0 bridgehead atoms. The molecule has 0 unspecified atom stereocenters. The first-order chi connectivity index (χ1) is 8.33. The van der Waals surface area contributed by atoms with Gasteiger partial charge in [0, 0.05) is 0 Å². The molecule has 0 aromatic rings. The maximum absolute atomic E-state index is 2.38. The van der Waals surface area contributed by atoms with Crippen molar-refractivity contribution in [3.63, 3.8) is 0 Å². The van der Waals surface area contributed by atoms with E-state index >= 15 is 0 Å². The monoisotopic (exact) mass is 236 g/mol. The van der Waals surface area contributed by atoms with E-state index in [1.807, 2.05) is 0 Å². The quantitative estimate of drug-likeness (QED) is 0.578. The molecule has 0 amide bonds. The zero-order valence-electron chi connectivity index (χ0n) is 12.1. The topological polar surface area (TPSA) is 0 Å². The van der Waals surface area contributed by atoms with Gasteiger partial charge in [-0.05, 0) is 42.9 Å². The van der Waals surface area contributed by atoms with Crippen molar-refractivity contribution in [2.24, 2.45) is 23.7 Å². The lowest BCUT2D eigenvalue weighted by atomic mass is 9.68. The van der Waals surface area contributed by atoms with Crippen molar-refractivity contribution >= 4 is 0 Å². The molecule has 0 heteroatoms. The maximum atomic E-state index is 2.38. The Bertz CT molecular complexity index is 198. The summed E-state index contributed by atoms with van der Waals surface area (Å²) in [7, 11) is 0. The van der Waals surface area contributed by atoms with Crippen LogP contribution in [0.25, 0.3) is 0 Å². The van der Waals surface area contributed by atoms with Gasteiger partial charge in [0.2, 0.25) is 0 Å². The third kappa shape index (κ3) is 3.73. The van der Waals surface area contributed by atoms with E-state index in [0.29, 0.717) is 0 Å². The van der Waals surface area contributed by atoms with Gasteiger partial charge in [0.15, 0.2) is 0 Å². The van der Waals surface area contributed by atoms with E-state index in [1.165, 1.54) is 44.9 Å². The highest BCUT2D eigenvalue weighted by Gasteiger charge is 2.30. The Morgan fingerprint density at radius 2 is 1.53 bits per heavy atom. The SMILES string of the molecule is CCC[C@@H]1CCC[C@@H]([C@H]2CC[C@@H](CC)CC2)C1. The van der Waals surface area contributed by atoms with Crippen molar-refractivity contribution in [2.45, 2.75) is 84.5 Å². The fourth-order valence-electron chi connectivity index (χ4n) is 4.50. The van der Waals surface area contributed by atoms with Crippen molar-refractivity contribution < 1.29 is 0 Å². The normalized spacial score (nSPS) is 39.2. The van der Waals surface area contributed by atoms with Gasteiger partial charge >= 0.3 is 0 Å². The Kier molecular flexibility index (Phi) is 5.38. The molecule has 2 rings (SSSR count). The Morgan fingerprint density at radius 1 is 0.765 bits per heavy atom. The zero-order chi connectivity index (χ0) is 12.1. The molecule has 2 aliphatic carbocycles. The third-order valence-corrected chi connectivity index (χ3v) is 5.66. The molecule has 0 aromatic carbocycles. The van der Waals surface area contributed by atoms with E-state index in [0.717, 1.165) is 23.7 Å². The number of rotatable bonds is 4. The molecule has 0 aliphatic heterocycles. The molecule has 0 saturated heterocycles. The van der Waals surface area contributed by atoms with E-state index in [1.54, 1.807) is 25.7 Å². The predicted octanol–water partition coefficient (Wildman–Crippen LogP) is 5.81. The highest BCUT2D eigenvalue weighted by Crippen LogP contribution is 2.43. The van der Waals surface area contributed by atoms with Gasteiger partial charge < -0.3 is 0 Å². The predicted molar refractivity (Wildman–Crippen MR) is 76.1 cm³/mol. The van der Waals surface area contributed by atoms with E-state index in [4.69, 9.17) is 0 Å². The molecular weight excluding hydrogens is 204 g/mol. The molecule has 2 atom stereocenters. The van der Waals surface area contributed by atoms with E-state index < -0.39 is 0 Å². The molecule has 0 heterocycles. The summed E-state index contributed by atoms with van der Waals surface area (Å²) in [5.41, 5.74) is 0. The lowest BCUT2D eigenvalue weighted by Gasteiger charge is -2.38. The molecule has 2 saturated carbocycles. The average molecular weight is 236 g/mol. The first kappa shape index (κ1) is 13.4. The number of hydrogen-bond acceptors (Lipinski definition) is 0. The van der Waals surface area contributed by atoms with Crippen LogP contribution in [-0.4, -0.2) is 0 Å². The van der Waals surface area contributed by atoms with Gasteiger partial charge in [0.25, 0.3) is 0 Å². The first-order valence-corrected chi connectivity index (χ1v) is 8.33. The van der Waals surface area contributed by atoms with Gasteiger partial charge in [-0.2, -0.15) is 0 Å². The van der Waals surface area contributed by atoms with Crippen LogP contribution in [0.1, 0.15) is 84.5 Å². The molecule has 100 valence electrons. The second-order valence-electron chi connectivity index (χ2n) is 6.77. The summed E-state index contributed by atoms with van der Waals surface area (Å²) < 4.78 is 0. The second kappa shape index (κ2) is 6.81. The van der Waals surface area contributed by atoms with Crippen molar-refractivity contribution in [3.05, 3.63) is 0 Å². The summed E-state index contributed by atoms with van der Waals surface area (Å²) in [4.78, 5) is 0. The largest absolute Gasteiger partial charge is 0.0654 e. The van der Waals surface area contributed by atoms with E-state index in [9.17, 15) is 0 Å². The first-order valence-electron chi connectivity index (χ1n) is 8.33. The fraction of sp³-hybridized carbons (Fsp3) is 1.00. The van der Waals surface area contributed by atoms with Gasteiger partial charge in [0.05, 0.1) is 0 Å². The maximum Gasteiger partial charge on any atom is -0.0383 e. The Hall–Kier alpha value is 0. The molecule has 0 radical (unpaired) electrons. The molecule has 0 nitrogen and oxygen atoms in total. The summed E-state index contributed by atoms with van der Waals surface area (Å²) in [6.07, 6.45) is 16.7. The molecule has 17 heavy (non-hydrogen) atoms. The van der Waals surface area contributed by atoms with Gasteiger partial charge in [-0.25, -0.2) is 0 Å². The minimum absolute atomic E-state index is 1.07. The summed E-state index contributed by atoms with van der Waals surface area (Å²) in [6.45, 7) is 4.74. The minimum atomic E-state index is 1.07. The van der Waals surface area contributed by atoms with E-state index in [2.05, 4.69) is 13.8 Å². The standard InChI is InChI=1S/C17H32/c1-3-6-15-7-5-8-17(13-15)16-11-9-14(4-2)10-12-16/h14-17H,3-13H2,1-2H3/t14-,15-,16+,17-/m1/s1. The molecular formula is C17H32. The summed E-state index contributed by atoms with van der Waals surface area (Å²) in [5, 5.41) is 0. The minimum Gasteiger partial charge on any atom is -0.0654 e. The van der Waals surface area contributed by atoms with Crippen LogP contribution < -0.4 is 0 Å². The van der Waals surface area contributed by atoms with Crippen LogP contribution in [0.15, 0.2) is 0 Å². The Labute approximate surface area is 109 Å². The molecule has 2 aliphatic rings. The van der Waals surface area contributed by atoms with Crippen molar-refractivity contribution in [3.8, 4) is 0 Å². The third-order valence-electron chi connectivity index (χ3n) is 5.66. The summed E-state index contributed by atoms with van der Waals surface area (Å²) >= 11 is 0. The van der Waals surface area contributed by atoms with Crippen LogP contribution in [0.4, 0.5) is 0 Å². The van der Waals surface area contributed by atoms with Crippen molar-refractivity contribution in [2.75, 3.05) is 0 Å². The van der Waals surface area contributed by atoms with Gasteiger partial charge in [-0.3, -0.25) is 0 Å². The lowest BCUT2D eigenvalue weighted by molar-refractivity contribution is 0.135.